The summed E-state index contributed by atoms with van der Waals surface area (Å²) < 4.78 is 15.2. The maximum atomic E-state index is 13.6. The molecule has 0 spiro atoms. The number of nitrogens with zero attached hydrogens (tertiary/aromatic N) is 2. The average Bonchev–Trinajstić information content (AvgIpc) is 2.76. The van der Waals surface area contributed by atoms with Gasteiger partial charge in [-0.3, -0.25) is 4.68 Å². The van der Waals surface area contributed by atoms with E-state index in [4.69, 9.17) is 11.6 Å². The van der Waals surface area contributed by atoms with Gasteiger partial charge in [0.15, 0.2) is 0 Å². The quantitative estimate of drug-likeness (QED) is 0.857. The van der Waals surface area contributed by atoms with Crippen molar-refractivity contribution in [3.63, 3.8) is 0 Å². The Morgan fingerprint density at radius 1 is 1.36 bits per heavy atom. The van der Waals surface area contributed by atoms with E-state index < -0.39 is 11.9 Å². The lowest BCUT2D eigenvalue weighted by atomic mass is 10.1. The number of nitrogens with one attached hydrogen (secondary N) is 1. The van der Waals surface area contributed by atoms with E-state index in [1.807, 2.05) is 0 Å². The second-order valence-corrected chi connectivity index (χ2v) is 5.96. The molecule has 1 unspecified atom stereocenters. The molecule has 0 bridgehead atoms. The molecular formula is C16H21ClFN3O. The van der Waals surface area contributed by atoms with Crippen molar-refractivity contribution < 1.29 is 9.50 Å². The third kappa shape index (κ3) is 3.66. The maximum absolute atomic E-state index is 13.6. The molecule has 0 aliphatic heterocycles. The largest absolute Gasteiger partial charge is 0.387 e. The third-order valence-electron chi connectivity index (χ3n) is 3.55. The monoisotopic (exact) mass is 325 g/mol. The first-order chi connectivity index (χ1) is 10.4. The molecule has 4 nitrogen and oxygen atoms in total. The van der Waals surface area contributed by atoms with E-state index in [0.717, 1.165) is 11.3 Å². The van der Waals surface area contributed by atoms with Crippen LogP contribution in [0.4, 0.5) is 4.39 Å². The second-order valence-electron chi connectivity index (χ2n) is 5.60. The van der Waals surface area contributed by atoms with Crippen molar-refractivity contribution in [1.29, 1.82) is 0 Å². The molecule has 1 aromatic carbocycles. The highest BCUT2D eigenvalue weighted by atomic mass is 35.5. The molecule has 0 radical (unpaired) electrons. The number of aliphatic hydroxyl groups is 1. The minimum atomic E-state index is -0.904. The van der Waals surface area contributed by atoms with Crippen LogP contribution in [0.25, 0.3) is 0 Å². The van der Waals surface area contributed by atoms with Gasteiger partial charge in [0.1, 0.15) is 11.0 Å². The molecule has 1 atom stereocenters. The molecule has 6 heteroatoms. The molecule has 120 valence electrons. The van der Waals surface area contributed by atoms with Gasteiger partial charge in [0.25, 0.3) is 0 Å². The number of hydrogen-bond acceptors (Lipinski definition) is 3. The Kier molecular flexibility index (Phi) is 5.56. The Balaban J connectivity index is 2.01. The SMILES string of the molecule is CC(C)c1nn(C)c(Cl)c1CNCC(O)c1ccccc1F. The summed E-state index contributed by atoms with van der Waals surface area (Å²) in [4.78, 5) is 0. The lowest BCUT2D eigenvalue weighted by molar-refractivity contribution is 0.169. The molecule has 0 amide bonds. The summed E-state index contributed by atoms with van der Waals surface area (Å²) in [5.41, 5.74) is 2.14. The fourth-order valence-corrected chi connectivity index (χ4v) is 2.58. The lowest BCUT2D eigenvalue weighted by Crippen LogP contribution is -2.22. The molecule has 2 rings (SSSR count). The molecule has 0 aliphatic rings. The first-order valence-electron chi connectivity index (χ1n) is 7.26. The van der Waals surface area contributed by atoms with E-state index in [9.17, 15) is 9.50 Å². The Morgan fingerprint density at radius 3 is 2.68 bits per heavy atom. The summed E-state index contributed by atoms with van der Waals surface area (Å²) in [5.74, 6) is -0.147. The van der Waals surface area contributed by atoms with Crippen LogP contribution in [0.5, 0.6) is 0 Å². The number of benzene rings is 1. The van der Waals surface area contributed by atoms with E-state index in [-0.39, 0.29) is 18.0 Å². The van der Waals surface area contributed by atoms with Gasteiger partial charge in [-0.05, 0) is 12.0 Å². The summed E-state index contributed by atoms with van der Waals surface area (Å²) in [6.07, 6.45) is -0.904. The summed E-state index contributed by atoms with van der Waals surface area (Å²) in [6, 6.07) is 6.23. The van der Waals surface area contributed by atoms with Gasteiger partial charge >= 0.3 is 0 Å². The molecule has 2 N–H and O–H groups in total. The Bertz CT molecular complexity index is 642. The highest BCUT2D eigenvalue weighted by Gasteiger charge is 2.18. The van der Waals surface area contributed by atoms with Gasteiger partial charge in [-0.1, -0.05) is 43.6 Å². The second kappa shape index (κ2) is 7.22. The van der Waals surface area contributed by atoms with Crippen molar-refractivity contribution >= 4 is 11.6 Å². The molecule has 1 heterocycles. The van der Waals surface area contributed by atoms with Crippen LogP contribution in [-0.2, 0) is 13.6 Å². The van der Waals surface area contributed by atoms with E-state index in [1.54, 1.807) is 29.9 Å². The lowest BCUT2D eigenvalue weighted by Gasteiger charge is -2.13. The number of halogens is 2. The number of aryl methyl sites for hydroxylation is 1. The smallest absolute Gasteiger partial charge is 0.131 e. The Hall–Kier alpha value is -1.43. The molecule has 2 aromatic rings. The van der Waals surface area contributed by atoms with E-state index >= 15 is 0 Å². The Labute approximate surface area is 134 Å². The Morgan fingerprint density at radius 2 is 2.05 bits per heavy atom. The van der Waals surface area contributed by atoms with Gasteiger partial charge in [-0.15, -0.1) is 0 Å². The molecule has 0 saturated carbocycles. The normalized spacial score (nSPS) is 12.9. The average molecular weight is 326 g/mol. The molecule has 1 aromatic heterocycles. The van der Waals surface area contributed by atoms with E-state index in [0.29, 0.717) is 11.7 Å². The molecule has 22 heavy (non-hydrogen) atoms. The highest BCUT2D eigenvalue weighted by Crippen LogP contribution is 2.25. The van der Waals surface area contributed by atoms with Crippen LogP contribution in [0.2, 0.25) is 5.15 Å². The first-order valence-corrected chi connectivity index (χ1v) is 7.64. The molecule has 0 saturated heterocycles. The van der Waals surface area contributed by atoms with Gasteiger partial charge in [0.05, 0.1) is 11.8 Å². The van der Waals surface area contributed by atoms with Crippen molar-refractivity contribution in [2.75, 3.05) is 6.54 Å². The third-order valence-corrected chi connectivity index (χ3v) is 4.02. The zero-order valence-corrected chi connectivity index (χ0v) is 13.7. The van der Waals surface area contributed by atoms with Crippen molar-refractivity contribution in [2.24, 2.45) is 7.05 Å². The standard InChI is InChI=1S/C16H21ClFN3O/c1-10(2)15-12(16(17)21(3)20-15)8-19-9-14(22)11-6-4-5-7-13(11)18/h4-7,10,14,19,22H,8-9H2,1-3H3. The molecule has 0 aliphatic carbocycles. The zero-order chi connectivity index (χ0) is 16.3. The maximum Gasteiger partial charge on any atom is 0.131 e. The highest BCUT2D eigenvalue weighted by molar-refractivity contribution is 6.30. The number of aliphatic hydroxyl groups excluding tert-OH is 1. The van der Waals surface area contributed by atoms with Crippen LogP contribution in [0.3, 0.4) is 0 Å². The number of rotatable bonds is 6. The molecule has 0 fully saturated rings. The van der Waals surface area contributed by atoms with E-state index in [2.05, 4.69) is 24.3 Å². The van der Waals surface area contributed by atoms with Gasteiger partial charge in [0, 0.05) is 31.3 Å². The minimum Gasteiger partial charge on any atom is -0.387 e. The summed E-state index contributed by atoms with van der Waals surface area (Å²) in [5, 5.41) is 18.2. The van der Waals surface area contributed by atoms with Crippen LogP contribution in [0.15, 0.2) is 24.3 Å². The number of aromatic nitrogens is 2. The van der Waals surface area contributed by atoms with Crippen LogP contribution >= 0.6 is 11.6 Å². The van der Waals surface area contributed by atoms with Crippen molar-refractivity contribution in [3.8, 4) is 0 Å². The topological polar surface area (TPSA) is 50.1 Å². The van der Waals surface area contributed by atoms with Gasteiger partial charge in [0.2, 0.25) is 0 Å². The summed E-state index contributed by atoms with van der Waals surface area (Å²) >= 11 is 6.25. The minimum absolute atomic E-state index is 0.240. The predicted octanol–water partition coefficient (Wildman–Crippen LogP) is 3.16. The fraction of sp³-hybridized carbons (Fsp3) is 0.438. The van der Waals surface area contributed by atoms with Crippen LogP contribution < -0.4 is 5.32 Å². The van der Waals surface area contributed by atoms with Crippen LogP contribution in [-0.4, -0.2) is 21.4 Å². The van der Waals surface area contributed by atoms with Crippen molar-refractivity contribution in [2.45, 2.75) is 32.4 Å². The van der Waals surface area contributed by atoms with Gasteiger partial charge < -0.3 is 10.4 Å². The molecular weight excluding hydrogens is 305 g/mol. The predicted molar refractivity (Wildman–Crippen MR) is 85.4 cm³/mol. The van der Waals surface area contributed by atoms with Crippen LogP contribution in [0, 0.1) is 5.82 Å². The van der Waals surface area contributed by atoms with Crippen LogP contribution in [0.1, 0.15) is 42.7 Å². The van der Waals surface area contributed by atoms with Gasteiger partial charge in [-0.2, -0.15) is 5.10 Å². The summed E-state index contributed by atoms with van der Waals surface area (Å²) in [7, 11) is 1.80. The zero-order valence-electron chi connectivity index (χ0n) is 13.0. The van der Waals surface area contributed by atoms with Crippen molar-refractivity contribution in [3.05, 3.63) is 52.1 Å². The number of hydrogen-bond donors (Lipinski definition) is 2. The van der Waals surface area contributed by atoms with Crippen molar-refractivity contribution in [1.82, 2.24) is 15.1 Å². The fourth-order valence-electron chi connectivity index (χ4n) is 2.38. The van der Waals surface area contributed by atoms with Gasteiger partial charge in [-0.25, -0.2) is 4.39 Å². The van der Waals surface area contributed by atoms with E-state index in [1.165, 1.54) is 6.07 Å². The first kappa shape index (κ1) is 16.9. The summed E-state index contributed by atoms with van der Waals surface area (Å²) in [6.45, 7) is 4.82.